The average molecular weight is 208 g/mol. The maximum absolute atomic E-state index is 10.7. The van der Waals surface area contributed by atoms with Gasteiger partial charge in [0.2, 0.25) is 5.40 Å². The molecule has 0 saturated carbocycles. The van der Waals surface area contributed by atoms with Crippen LogP contribution in [0.2, 0.25) is 0 Å². The van der Waals surface area contributed by atoms with Crippen molar-refractivity contribution in [1.82, 2.24) is 4.72 Å². The fourth-order valence-corrected chi connectivity index (χ4v) is 1.11. The molecule has 0 spiro atoms. The lowest BCUT2D eigenvalue weighted by molar-refractivity contribution is 0.600. The number of rotatable bonds is 3. The predicted octanol–water partition coefficient (Wildman–Crippen LogP) is 1.06. The maximum atomic E-state index is 10.7. The van der Waals surface area contributed by atoms with E-state index in [0.717, 1.165) is 11.0 Å². The molecule has 4 nitrogen and oxygen atoms in total. The van der Waals surface area contributed by atoms with Crippen LogP contribution in [0, 0.1) is 10.7 Å². The minimum Gasteiger partial charge on any atom is -0.278 e. The molecule has 72 valence electrons. The van der Waals surface area contributed by atoms with Crippen molar-refractivity contribution in [3.63, 3.8) is 0 Å². The monoisotopic (exact) mass is 208 g/mol. The summed E-state index contributed by atoms with van der Waals surface area (Å²) in [5.41, 5.74) is 0.855. The van der Waals surface area contributed by atoms with Crippen LogP contribution < -0.4 is 4.72 Å². The number of thiocyanates is 1. The van der Waals surface area contributed by atoms with Crippen LogP contribution in [0.15, 0.2) is 36.5 Å². The second kappa shape index (κ2) is 4.44. The van der Waals surface area contributed by atoms with Gasteiger partial charge >= 0.3 is 10.0 Å². The third-order valence-corrected chi connectivity index (χ3v) is 2.11. The summed E-state index contributed by atoms with van der Waals surface area (Å²) in [7, 11) is -3.82. The van der Waals surface area contributed by atoms with Gasteiger partial charge in [0.05, 0.1) is 0 Å². The highest BCUT2D eigenvalue weighted by Gasteiger charge is 2.01. The first kappa shape index (κ1) is 10.3. The van der Waals surface area contributed by atoms with Gasteiger partial charge in [0, 0.05) is 6.20 Å². The normalized spacial score (nSPS) is 11.1. The first-order valence-electron chi connectivity index (χ1n) is 3.79. The van der Waals surface area contributed by atoms with Gasteiger partial charge < -0.3 is 0 Å². The Labute approximate surface area is 82.5 Å². The Morgan fingerprint density at radius 3 is 2.50 bits per heavy atom. The zero-order valence-electron chi connectivity index (χ0n) is 7.21. The second-order valence-corrected chi connectivity index (χ2v) is 3.88. The average Bonchev–Trinajstić information content (AvgIpc) is 2.19. The van der Waals surface area contributed by atoms with Crippen LogP contribution in [0.3, 0.4) is 0 Å². The highest BCUT2D eigenvalue weighted by atomic mass is 32.2. The molecule has 1 N–H and O–H groups in total. The molecule has 1 aromatic rings. The molecule has 0 radical (unpaired) electrons. The number of sulfonamides is 1. The summed E-state index contributed by atoms with van der Waals surface area (Å²) < 4.78 is 23.3. The molecule has 0 atom stereocenters. The second-order valence-electron chi connectivity index (χ2n) is 2.46. The highest BCUT2D eigenvalue weighted by molar-refractivity contribution is 7.94. The van der Waals surface area contributed by atoms with Crippen LogP contribution in [0.1, 0.15) is 5.56 Å². The van der Waals surface area contributed by atoms with Crippen molar-refractivity contribution in [1.29, 1.82) is 5.26 Å². The third-order valence-electron chi connectivity index (χ3n) is 1.42. The number of nitrogens with one attached hydrogen (secondary N) is 1. The van der Waals surface area contributed by atoms with Crippen molar-refractivity contribution in [2.45, 2.75) is 0 Å². The molecule has 0 aromatic heterocycles. The fourth-order valence-electron chi connectivity index (χ4n) is 0.810. The topological polar surface area (TPSA) is 70.0 Å². The molecule has 0 unspecified atom stereocenters. The smallest absolute Gasteiger partial charge is 0.278 e. The van der Waals surface area contributed by atoms with Gasteiger partial charge in [-0.25, -0.2) is 0 Å². The van der Waals surface area contributed by atoms with Gasteiger partial charge in [-0.2, -0.15) is 13.7 Å². The molecule has 0 bridgehead atoms. The molecule has 5 heteroatoms. The van der Waals surface area contributed by atoms with E-state index in [4.69, 9.17) is 5.26 Å². The lowest BCUT2D eigenvalue weighted by Gasteiger charge is -1.93. The first-order valence-corrected chi connectivity index (χ1v) is 5.27. The molecular weight excluding hydrogens is 200 g/mol. The van der Waals surface area contributed by atoms with Gasteiger partial charge in [-0.15, -0.1) is 0 Å². The highest BCUT2D eigenvalue weighted by Crippen LogP contribution is 1.99. The molecule has 0 amide bonds. The number of nitrogens with zero attached hydrogens (tertiary/aromatic N) is 1. The van der Waals surface area contributed by atoms with Crippen LogP contribution in [-0.4, -0.2) is 8.42 Å². The molecule has 0 heterocycles. The Hall–Kier alpha value is -1.80. The minimum absolute atomic E-state index is 0.855. The van der Waals surface area contributed by atoms with Crippen LogP contribution in [0.5, 0.6) is 0 Å². The van der Waals surface area contributed by atoms with Gasteiger partial charge in [-0.05, 0) is 11.6 Å². The van der Waals surface area contributed by atoms with Gasteiger partial charge in [0.25, 0.3) is 0 Å². The SMILES string of the molecule is N#CS(=O)(=O)N/C=C/c1ccccc1. The van der Waals surface area contributed by atoms with E-state index in [0.29, 0.717) is 0 Å². The number of hydrogen-bond acceptors (Lipinski definition) is 3. The van der Waals surface area contributed by atoms with E-state index in [1.54, 1.807) is 6.08 Å². The van der Waals surface area contributed by atoms with Crippen molar-refractivity contribution in [3.8, 4) is 5.40 Å². The van der Waals surface area contributed by atoms with Crippen molar-refractivity contribution >= 4 is 16.1 Å². The van der Waals surface area contributed by atoms with Crippen molar-refractivity contribution in [2.24, 2.45) is 0 Å². The summed E-state index contributed by atoms with van der Waals surface area (Å²) >= 11 is 0. The van der Waals surface area contributed by atoms with Crippen molar-refractivity contribution in [3.05, 3.63) is 42.1 Å². The van der Waals surface area contributed by atoms with E-state index in [-0.39, 0.29) is 0 Å². The quantitative estimate of drug-likeness (QED) is 0.596. The third kappa shape index (κ3) is 3.29. The Bertz CT molecular complexity index is 457. The van der Waals surface area contributed by atoms with Gasteiger partial charge in [0.15, 0.2) is 0 Å². The molecule has 0 saturated heterocycles. The van der Waals surface area contributed by atoms with Crippen LogP contribution >= 0.6 is 0 Å². The molecule has 0 aliphatic carbocycles. The number of nitriles is 1. The van der Waals surface area contributed by atoms with Gasteiger partial charge in [-0.3, -0.25) is 4.72 Å². The molecule has 0 aliphatic heterocycles. The Morgan fingerprint density at radius 1 is 1.29 bits per heavy atom. The van der Waals surface area contributed by atoms with E-state index in [9.17, 15) is 8.42 Å². The van der Waals surface area contributed by atoms with Gasteiger partial charge in [-0.1, -0.05) is 30.3 Å². The van der Waals surface area contributed by atoms with E-state index >= 15 is 0 Å². The van der Waals surface area contributed by atoms with Crippen molar-refractivity contribution in [2.75, 3.05) is 0 Å². The van der Waals surface area contributed by atoms with E-state index in [1.165, 1.54) is 6.20 Å². The molecule has 1 rings (SSSR count). The Kier molecular flexibility index (Phi) is 3.26. The fraction of sp³-hybridized carbons (Fsp3) is 0. The van der Waals surface area contributed by atoms with E-state index in [2.05, 4.69) is 0 Å². The maximum Gasteiger partial charge on any atom is 0.326 e. The predicted molar refractivity (Wildman–Crippen MR) is 53.1 cm³/mol. The first-order chi connectivity index (χ1) is 6.64. The lowest BCUT2D eigenvalue weighted by atomic mass is 10.2. The summed E-state index contributed by atoms with van der Waals surface area (Å²) in [4.78, 5) is 0. The molecule has 0 fully saturated rings. The van der Waals surface area contributed by atoms with Crippen molar-refractivity contribution < 1.29 is 8.42 Å². The summed E-state index contributed by atoms with van der Waals surface area (Å²) in [5, 5.41) is 9.29. The van der Waals surface area contributed by atoms with E-state index in [1.807, 2.05) is 35.1 Å². The minimum atomic E-state index is -3.82. The van der Waals surface area contributed by atoms with Crippen LogP contribution in [0.25, 0.3) is 6.08 Å². The Balaban J connectivity index is 2.65. The number of benzene rings is 1. The number of hydrogen-bond donors (Lipinski definition) is 1. The standard InChI is InChI=1S/C9H8N2O2S/c10-8-14(12,13)11-7-6-9-4-2-1-3-5-9/h1-7,11H/b7-6+. The molecule has 14 heavy (non-hydrogen) atoms. The molecule has 0 aliphatic rings. The lowest BCUT2D eigenvalue weighted by Crippen LogP contribution is -2.14. The summed E-state index contributed by atoms with van der Waals surface area (Å²) in [6, 6.07) is 9.15. The summed E-state index contributed by atoms with van der Waals surface area (Å²) in [6.45, 7) is 0. The molecular formula is C9H8N2O2S. The molecule has 1 aromatic carbocycles. The van der Waals surface area contributed by atoms with Gasteiger partial charge in [0.1, 0.15) is 0 Å². The van der Waals surface area contributed by atoms with Crippen LogP contribution in [-0.2, 0) is 10.0 Å². The zero-order valence-corrected chi connectivity index (χ0v) is 8.03. The summed E-state index contributed by atoms with van der Waals surface area (Å²) in [5.74, 6) is 0. The summed E-state index contributed by atoms with van der Waals surface area (Å²) in [6.07, 6.45) is 2.78. The van der Waals surface area contributed by atoms with E-state index < -0.39 is 10.0 Å². The van der Waals surface area contributed by atoms with Crippen LogP contribution in [0.4, 0.5) is 0 Å². The Morgan fingerprint density at radius 2 is 1.93 bits per heavy atom. The largest absolute Gasteiger partial charge is 0.326 e. The zero-order chi connectivity index (χ0) is 10.4.